The molecule has 0 saturated heterocycles. The fraction of sp³-hybridized carbons (Fsp3) is 0.800. The van der Waals surface area contributed by atoms with Crippen molar-refractivity contribution in [2.24, 2.45) is 17.3 Å². The van der Waals surface area contributed by atoms with Crippen LogP contribution in [0.2, 0.25) is 0 Å². The number of hydrogen-bond donors (Lipinski definition) is 0. The van der Waals surface area contributed by atoms with Crippen LogP contribution in [-0.2, 0) is 0 Å². The second-order valence-corrected chi connectivity index (χ2v) is 4.58. The van der Waals surface area contributed by atoms with Gasteiger partial charge in [-0.2, -0.15) is 0 Å². The van der Waals surface area contributed by atoms with Gasteiger partial charge in [-0.1, -0.05) is 25.5 Å². The predicted octanol–water partition coefficient (Wildman–Crippen LogP) is 3.00. The number of rotatable bonds is 0. The standard InChI is InChI=1S/C10H16/c1-7-4-8-6-9(5-7)10(8,2)3/h4,8-9H,5-6H2,1-3H3/t8-,9+/m0/s1. The minimum absolute atomic E-state index is 0.638. The average Bonchev–Trinajstić information content (AvgIpc) is 1.87. The maximum Gasteiger partial charge on any atom is -0.0174 e. The first kappa shape index (κ1) is 6.45. The van der Waals surface area contributed by atoms with E-state index in [9.17, 15) is 0 Å². The van der Waals surface area contributed by atoms with Crippen molar-refractivity contribution in [2.45, 2.75) is 33.6 Å². The highest BCUT2D eigenvalue weighted by Crippen LogP contribution is 2.57. The van der Waals surface area contributed by atoms with Crippen molar-refractivity contribution < 1.29 is 0 Å². The van der Waals surface area contributed by atoms with Crippen LogP contribution in [0.5, 0.6) is 0 Å². The SMILES string of the molecule is CC1=C[C@H]2C[C@@H](C1)C2(C)C. The van der Waals surface area contributed by atoms with E-state index in [-0.39, 0.29) is 0 Å². The summed E-state index contributed by atoms with van der Waals surface area (Å²) >= 11 is 0. The maximum atomic E-state index is 2.49. The van der Waals surface area contributed by atoms with Crippen LogP contribution in [0.15, 0.2) is 11.6 Å². The molecule has 3 aliphatic rings. The van der Waals surface area contributed by atoms with Crippen LogP contribution in [0.25, 0.3) is 0 Å². The van der Waals surface area contributed by atoms with Gasteiger partial charge in [0.05, 0.1) is 0 Å². The van der Waals surface area contributed by atoms with Crippen LogP contribution in [-0.4, -0.2) is 0 Å². The molecule has 0 unspecified atom stereocenters. The Morgan fingerprint density at radius 1 is 1.50 bits per heavy atom. The van der Waals surface area contributed by atoms with Crippen LogP contribution in [0, 0.1) is 17.3 Å². The molecule has 0 aliphatic heterocycles. The highest BCUT2D eigenvalue weighted by molar-refractivity contribution is 5.19. The third-order valence-electron chi connectivity index (χ3n) is 3.60. The second-order valence-electron chi connectivity index (χ2n) is 4.58. The van der Waals surface area contributed by atoms with E-state index in [4.69, 9.17) is 0 Å². The molecule has 2 bridgehead atoms. The van der Waals surface area contributed by atoms with Crippen molar-refractivity contribution >= 4 is 0 Å². The molecular weight excluding hydrogens is 120 g/mol. The number of fused-ring (bicyclic) bond motifs is 1. The van der Waals surface area contributed by atoms with Gasteiger partial charge >= 0.3 is 0 Å². The summed E-state index contributed by atoms with van der Waals surface area (Å²) in [5, 5.41) is 0. The molecule has 1 fully saturated rings. The van der Waals surface area contributed by atoms with E-state index in [2.05, 4.69) is 26.8 Å². The summed E-state index contributed by atoms with van der Waals surface area (Å²) in [4.78, 5) is 0. The summed E-state index contributed by atoms with van der Waals surface area (Å²) in [6, 6.07) is 0. The van der Waals surface area contributed by atoms with E-state index < -0.39 is 0 Å². The third kappa shape index (κ3) is 0.624. The van der Waals surface area contributed by atoms with Gasteiger partial charge in [0.25, 0.3) is 0 Å². The van der Waals surface area contributed by atoms with Gasteiger partial charge in [-0.3, -0.25) is 0 Å². The van der Waals surface area contributed by atoms with Crippen molar-refractivity contribution in [2.75, 3.05) is 0 Å². The molecule has 0 aromatic heterocycles. The predicted molar refractivity (Wildman–Crippen MR) is 43.8 cm³/mol. The summed E-state index contributed by atoms with van der Waals surface area (Å²) in [6.07, 6.45) is 5.31. The van der Waals surface area contributed by atoms with Crippen LogP contribution in [0.3, 0.4) is 0 Å². The van der Waals surface area contributed by atoms with Crippen molar-refractivity contribution in [1.82, 2.24) is 0 Å². The minimum Gasteiger partial charge on any atom is -0.0819 e. The quantitative estimate of drug-likeness (QED) is 0.449. The molecule has 0 heterocycles. The smallest absolute Gasteiger partial charge is 0.0174 e. The van der Waals surface area contributed by atoms with Crippen molar-refractivity contribution in [3.8, 4) is 0 Å². The fourth-order valence-corrected chi connectivity index (χ4v) is 2.49. The van der Waals surface area contributed by atoms with Crippen molar-refractivity contribution in [3.63, 3.8) is 0 Å². The molecule has 2 atom stereocenters. The monoisotopic (exact) mass is 136 g/mol. The Balaban J connectivity index is 2.26. The summed E-state index contributed by atoms with van der Waals surface area (Å²) < 4.78 is 0. The first-order chi connectivity index (χ1) is 4.60. The van der Waals surface area contributed by atoms with Gasteiger partial charge in [-0.05, 0) is 37.0 Å². The highest BCUT2D eigenvalue weighted by Gasteiger charge is 2.48. The Kier molecular flexibility index (Phi) is 1.07. The van der Waals surface area contributed by atoms with Crippen LogP contribution < -0.4 is 0 Å². The largest absolute Gasteiger partial charge is 0.0819 e. The summed E-state index contributed by atoms with van der Waals surface area (Å²) in [5.74, 6) is 1.91. The molecule has 56 valence electrons. The summed E-state index contributed by atoms with van der Waals surface area (Å²) in [5.41, 5.74) is 2.26. The molecule has 0 radical (unpaired) electrons. The van der Waals surface area contributed by atoms with Gasteiger partial charge in [-0.15, -0.1) is 0 Å². The van der Waals surface area contributed by atoms with E-state index in [1.165, 1.54) is 12.8 Å². The lowest BCUT2D eigenvalue weighted by Gasteiger charge is -2.55. The lowest BCUT2D eigenvalue weighted by molar-refractivity contribution is -0.000651. The zero-order chi connectivity index (χ0) is 7.35. The fourth-order valence-electron chi connectivity index (χ4n) is 2.49. The van der Waals surface area contributed by atoms with Crippen molar-refractivity contribution in [3.05, 3.63) is 11.6 Å². The van der Waals surface area contributed by atoms with E-state index in [1.54, 1.807) is 5.57 Å². The lowest BCUT2D eigenvalue weighted by atomic mass is 9.50. The molecule has 1 saturated carbocycles. The second kappa shape index (κ2) is 1.66. The molecule has 3 rings (SSSR count). The first-order valence-corrected chi connectivity index (χ1v) is 4.28. The van der Waals surface area contributed by atoms with Gasteiger partial charge < -0.3 is 0 Å². The normalized spacial score (nSPS) is 42.1. The van der Waals surface area contributed by atoms with Crippen LogP contribution in [0.1, 0.15) is 33.6 Å². The van der Waals surface area contributed by atoms with Gasteiger partial charge in [0.15, 0.2) is 0 Å². The molecule has 0 aromatic rings. The topological polar surface area (TPSA) is 0 Å². The van der Waals surface area contributed by atoms with Gasteiger partial charge in [0.2, 0.25) is 0 Å². The highest BCUT2D eigenvalue weighted by atomic mass is 14.5. The molecule has 10 heavy (non-hydrogen) atoms. The minimum atomic E-state index is 0.638. The molecule has 0 nitrogen and oxygen atoms in total. The van der Waals surface area contributed by atoms with Crippen molar-refractivity contribution in [1.29, 1.82) is 0 Å². The third-order valence-corrected chi connectivity index (χ3v) is 3.60. The first-order valence-electron chi connectivity index (χ1n) is 4.28. The Bertz CT molecular complexity index is 186. The van der Waals surface area contributed by atoms with Gasteiger partial charge in [0.1, 0.15) is 0 Å². The zero-order valence-electron chi connectivity index (χ0n) is 7.15. The molecular formula is C10H16. The van der Waals surface area contributed by atoms with Crippen LogP contribution >= 0.6 is 0 Å². The zero-order valence-corrected chi connectivity index (χ0v) is 7.15. The Labute approximate surface area is 63.3 Å². The number of allylic oxidation sites excluding steroid dienone is 2. The Hall–Kier alpha value is -0.260. The van der Waals surface area contributed by atoms with E-state index in [1.807, 2.05) is 0 Å². The van der Waals surface area contributed by atoms with E-state index in [0.29, 0.717) is 5.41 Å². The molecule has 0 spiro atoms. The average molecular weight is 136 g/mol. The molecule has 0 heteroatoms. The Morgan fingerprint density at radius 3 is 2.50 bits per heavy atom. The Morgan fingerprint density at radius 2 is 2.20 bits per heavy atom. The molecule has 0 aromatic carbocycles. The summed E-state index contributed by atoms with van der Waals surface area (Å²) in [7, 11) is 0. The van der Waals surface area contributed by atoms with Crippen LogP contribution in [0.4, 0.5) is 0 Å². The summed E-state index contributed by atoms with van der Waals surface area (Å²) in [6.45, 7) is 7.10. The van der Waals surface area contributed by atoms with E-state index in [0.717, 1.165) is 11.8 Å². The van der Waals surface area contributed by atoms with Gasteiger partial charge in [-0.25, -0.2) is 0 Å². The molecule has 3 aliphatic carbocycles. The number of hydrogen-bond acceptors (Lipinski definition) is 0. The van der Waals surface area contributed by atoms with Gasteiger partial charge in [0, 0.05) is 0 Å². The maximum absolute atomic E-state index is 2.49. The van der Waals surface area contributed by atoms with E-state index >= 15 is 0 Å². The lowest BCUT2D eigenvalue weighted by Crippen LogP contribution is -2.46. The molecule has 0 N–H and O–H groups in total. The molecule has 0 amide bonds.